The molecule has 0 atom stereocenters. The molecular formula is C17H22FN3O. The molecule has 0 saturated carbocycles. The van der Waals surface area contributed by atoms with Crippen molar-refractivity contribution in [3.8, 4) is 0 Å². The van der Waals surface area contributed by atoms with E-state index < -0.39 is 0 Å². The lowest BCUT2D eigenvalue weighted by molar-refractivity contribution is -0.131. The summed E-state index contributed by atoms with van der Waals surface area (Å²) in [4.78, 5) is 5.72. The summed E-state index contributed by atoms with van der Waals surface area (Å²) in [5.41, 5.74) is 2.24. The largest absolute Gasteiger partial charge is 0.377 e. The Balaban J connectivity index is 1.41. The molecule has 0 radical (unpaired) electrons. The van der Waals surface area contributed by atoms with Crippen molar-refractivity contribution in [2.24, 2.45) is 0 Å². The van der Waals surface area contributed by atoms with E-state index in [2.05, 4.69) is 15.2 Å². The Morgan fingerprint density at radius 3 is 2.82 bits per heavy atom. The third-order valence-corrected chi connectivity index (χ3v) is 5.02. The van der Waals surface area contributed by atoms with Gasteiger partial charge in [-0.2, -0.15) is 0 Å². The Hall–Kier alpha value is -1.43. The van der Waals surface area contributed by atoms with Crippen molar-refractivity contribution < 1.29 is 9.13 Å². The minimum Gasteiger partial charge on any atom is -0.377 e. The van der Waals surface area contributed by atoms with E-state index in [0.29, 0.717) is 0 Å². The van der Waals surface area contributed by atoms with Crippen molar-refractivity contribution in [2.45, 2.75) is 24.9 Å². The summed E-state index contributed by atoms with van der Waals surface area (Å²) < 4.78 is 18.7. The second-order valence-electron chi connectivity index (χ2n) is 6.52. The van der Waals surface area contributed by atoms with Crippen LogP contribution in [0.15, 0.2) is 24.4 Å². The molecule has 4 rings (SSSR count). The van der Waals surface area contributed by atoms with E-state index in [1.807, 2.05) is 12.3 Å². The number of nitrogens with one attached hydrogen (secondary N) is 2. The van der Waals surface area contributed by atoms with E-state index in [1.54, 1.807) is 6.07 Å². The molecule has 2 N–H and O–H groups in total. The molecule has 1 aromatic heterocycles. The first-order valence-electron chi connectivity index (χ1n) is 8.06. The van der Waals surface area contributed by atoms with E-state index in [-0.39, 0.29) is 11.4 Å². The van der Waals surface area contributed by atoms with Crippen LogP contribution < -0.4 is 5.32 Å². The molecule has 0 unspecified atom stereocenters. The zero-order valence-electron chi connectivity index (χ0n) is 12.7. The fourth-order valence-corrected chi connectivity index (χ4v) is 3.66. The molecule has 2 saturated heterocycles. The molecule has 2 aliphatic heterocycles. The molecule has 1 aromatic carbocycles. The van der Waals surface area contributed by atoms with Gasteiger partial charge in [0.05, 0.1) is 18.8 Å². The molecule has 0 bridgehead atoms. The lowest BCUT2D eigenvalue weighted by Gasteiger charge is -2.48. The Morgan fingerprint density at radius 2 is 2.09 bits per heavy atom. The zero-order chi connectivity index (χ0) is 15.0. The van der Waals surface area contributed by atoms with Crippen LogP contribution >= 0.6 is 0 Å². The number of ether oxygens (including phenoxy) is 1. The maximum atomic E-state index is 13.2. The number of H-pyrrole nitrogens is 1. The standard InChI is InChI=1S/C17H22FN3O/c18-14-3-4-15-13(9-20-16(15)7-14)8-19-10-17(11-22-12-17)21-5-1-2-6-21/h3-4,7,9,19-20H,1-2,5-6,8,10-12H2. The second-order valence-corrected chi connectivity index (χ2v) is 6.52. The normalized spacial score (nSPS) is 21.3. The van der Waals surface area contributed by atoms with Gasteiger partial charge in [0, 0.05) is 30.2 Å². The number of aromatic nitrogens is 1. The number of aromatic amines is 1. The zero-order valence-corrected chi connectivity index (χ0v) is 12.7. The summed E-state index contributed by atoms with van der Waals surface area (Å²) in [6, 6.07) is 4.91. The third kappa shape index (κ3) is 2.43. The maximum absolute atomic E-state index is 13.2. The molecular weight excluding hydrogens is 281 g/mol. The minimum absolute atomic E-state index is 0.189. The first-order chi connectivity index (χ1) is 10.8. The second kappa shape index (κ2) is 5.65. The molecule has 118 valence electrons. The molecule has 2 aromatic rings. The van der Waals surface area contributed by atoms with Gasteiger partial charge in [0.25, 0.3) is 0 Å². The van der Waals surface area contributed by atoms with Crippen LogP contribution in [0.5, 0.6) is 0 Å². The van der Waals surface area contributed by atoms with Gasteiger partial charge in [0.2, 0.25) is 0 Å². The SMILES string of the molecule is Fc1ccc2c(CNCC3(N4CCCC4)COC3)c[nH]c2c1. The van der Waals surface area contributed by atoms with Gasteiger partial charge in [-0.15, -0.1) is 0 Å². The van der Waals surface area contributed by atoms with Gasteiger partial charge in [0.1, 0.15) is 5.82 Å². The van der Waals surface area contributed by atoms with Crippen LogP contribution in [-0.4, -0.2) is 48.3 Å². The van der Waals surface area contributed by atoms with Crippen LogP contribution in [0.2, 0.25) is 0 Å². The number of benzene rings is 1. The van der Waals surface area contributed by atoms with Crippen LogP contribution in [0.1, 0.15) is 18.4 Å². The number of hydrogen-bond donors (Lipinski definition) is 2. The Labute approximate surface area is 129 Å². The number of nitrogens with zero attached hydrogens (tertiary/aromatic N) is 1. The Bertz CT molecular complexity index is 659. The fourth-order valence-electron chi connectivity index (χ4n) is 3.66. The first kappa shape index (κ1) is 14.2. The molecule has 4 nitrogen and oxygen atoms in total. The molecule has 2 fully saturated rings. The quantitative estimate of drug-likeness (QED) is 0.890. The molecule has 5 heteroatoms. The van der Waals surface area contributed by atoms with E-state index in [0.717, 1.165) is 37.2 Å². The van der Waals surface area contributed by atoms with Gasteiger partial charge in [-0.3, -0.25) is 4.90 Å². The van der Waals surface area contributed by atoms with Crippen molar-refractivity contribution in [3.63, 3.8) is 0 Å². The average molecular weight is 303 g/mol. The summed E-state index contributed by atoms with van der Waals surface area (Å²) in [7, 11) is 0. The Morgan fingerprint density at radius 1 is 1.27 bits per heavy atom. The Kier molecular flexibility index (Phi) is 3.64. The number of hydrogen-bond acceptors (Lipinski definition) is 3. The van der Waals surface area contributed by atoms with Gasteiger partial charge < -0.3 is 15.0 Å². The lowest BCUT2D eigenvalue weighted by Crippen LogP contribution is -2.66. The third-order valence-electron chi connectivity index (χ3n) is 5.02. The van der Waals surface area contributed by atoms with E-state index in [4.69, 9.17) is 4.74 Å². The molecule has 0 aliphatic carbocycles. The number of fused-ring (bicyclic) bond motifs is 1. The summed E-state index contributed by atoms with van der Waals surface area (Å²) in [5.74, 6) is -0.200. The van der Waals surface area contributed by atoms with E-state index in [1.165, 1.54) is 37.6 Å². The van der Waals surface area contributed by atoms with Gasteiger partial charge in [-0.25, -0.2) is 4.39 Å². The summed E-state index contributed by atoms with van der Waals surface area (Å²) in [5, 5.41) is 4.67. The average Bonchev–Trinajstić information content (AvgIpc) is 3.11. The molecule has 0 amide bonds. The summed E-state index contributed by atoms with van der Waals surface area (Å²) in [6.07, 6.45) is 4.57. The van der Waals surface area contributed by atoms with Gasteiger partial charge in [-0.05, 0) is 49.7 Å². The van der Waals surface area contributed by atoms with E-state index in [9.17, 15) is 4.39 Å². The van der Waals surface area contributed by atoms with Gasteiger partial charge in [-0.1, -0.05) is 0 Å². The smallest absolute Gasteiger partial charge is 0.125 e. The van der Waals surface area contributed by atoms with Crippen LogP contribution in [0.3, 0.4) is 0 Å². The summed E-state index contributed by atoms with van der Waals surface area (Å²) in [6.45, 7) is 5.79. The fraction of sp³-hybridized carbons (Fsp3) is 0.529. The topological polar surface area (TPSA) is 40.3 Å². The number of rotatable bonds is 5. The highest BCUT2D eigenvalue weighted by atomic mass is 19.1. The molecule has 3 heterocycles. The molecule has 0 spiro atoms. The maximum Gasteiger partial charge on any atom is 0.125 e. The van der Waals surface area contributed by atoms with Crippen LogP contribution in [0.4, 0.5) is 4.39 Å². The van der Waals surface area contributed by atoms with Crippen molar-refractivity contribution >= 4 is 10.9 Å². The van der Waals surface area contributed by atoms with E-state index >= 15 is 0 Å². The lowest BCUT2D eigenvalue weighted by atomic mass is 9.95. The highest BCUT2D eigenvalue weighted by Gasteiger charge is 2.44. The number of halogens is 1. The van der Waals surface area contributed by atoms with Crippen LogP contribution in [-0.2, 0) is 11.3 Å². The molecule has 22 heavy (non-hydrogen) atoms. The first-order valence-corrected chi connectivity index (χ1v) is 8.06. The number of likely N-dealkylation sites (tertiary alicyclic amines) is 1. The highest BCUT2D eigenvalue weighted by Crippen LogP contribution is 2.28. The van der Waals surface area contributed by atoms with Crippen LogP contribution in [0, 0.1) is 5.82 Å². The van der Waals surface area contributed by atoms with Gasteiger partial charge >= 0.3 is 0 Å². The highest BCUT2D eigenvalue weighted by molar-refractivity contribution is 5.83. The van der Waals surface area contributed by atoms with Crippen LogP contribution in [0.25, 0.3) is 10.9 Å². The predicted octanol–water partition coefficient (Wildman–Crippen LogP) is 2.26. The van der Waals surface area contributed by atoms with Crippen molar-refractivity contribution in [3.05, 3.63) is 35.8 Å². The van der Waals surface area contributed by atoms with Crippen molar-refractivity contribution in [1.29, 1.82) is 0 Å². The monoisotopic (exact) mass is 303 g/mol. The van der Waals surface area contributed by atoms with Gasteiger partial charge in [0.15, 0.2) is 0 Å². The van der Waals surface area contributed by atoms with Crippen molar-refractivity contribution in [2.75, 3.05) is 32.8 Å². The summed E-state index contributed by atoms with van der Waals surface area (Å²) >= 11 is 0. The minimum atomic E-state index is -0.200. The van der Waals surface area contributed by atoms with Crippen molar-refractivity contribution in [1.82, 2.24) is 15.2 Å². The molecule has 2 aliphatic rings. The predicted molar refractivity (Wildman–Crippen MR) is 84.3 cm³/mol.